The molecule has 2 nitrogen and oxygen atoms in total. The molecule has 0 saturated carbocycles. The molecule has 1 amide bonds. The van der Waals surface area contributed by atoms with Gasteiger partial charge in [0.05, 0.1) is 5.75 Å². The second-order valence-electron chi connectivity index (χ2n) is 3.64. The smallest absolute Gasteiger partial charge is 0.234 e. The Labute approximate surface area is 101 Å². The maximum absolute atomic E-state index is 11.7. The molecule has 86 valence electrons. The average Bonchev–Trinajstić information content (AvgIpc) is 1.78. The first kappa shape index (κ1) is 14.7. The Bertz CT molecular complexity index is 195. The Kier molecular flexibility index (Phi) is 5.97. The van der Waals surface area contributed by atoms with E-state index in [0.717, 1.165) is 0 Å². The normalized spacial score (nSPS) is 13.5. The summed E-state index contributed by atoms with van der Waals surface area (Å²) in [5.41, 5.74) is 0. The van der Waals surface area contributed by atoms with Crippen LogP contribution in [0.15, 0.2) is 0 Å². The topological polar surface area (TPSA) is 20.3 Å². The summed E-state index contributed by atoms with van der Waals surface area (Å²) in [6.45, 7) is 7.80. The number of rotatable bonds is 4. The maximum atomic E-state index is 11.7. The van der Waals surface area contributed by atoms with E-state index in [1.54, 1.807) is 4.90 Å². The maximum Gasteiger partial charge on any atom is 0.234 e. The lowest BCUT2D eigenvalue weighted by atomic mass is 10.2. The van der Waals surface area contributed by atoms with Crippen LogP contribution in [0.2, 0.25) is 0 Å². The molecule has 0 aromatic heterocycles. The molecule has 0 bridgehead atoms. The summed E-state index contributed by atoms with van der Waals surface area (Å²) in [6, 6.07) is 0.267. The second-order valence-corrected chi connectivity index (χ2v) is 11.1. The van der Waals surface area contributed by atoms with Gasteiger partial charge >= 0.3 is 0 Å². The number of hydrogen-bond acceptors (Lipinski definition) is 1. The van der Waals surface area contributed by atoms with Crippen molar-refractivity contribution in [1.29, 1.82) is 0 Å². The van der Waals surface area contributed by atoms with Gasteiger partial charge in [0.15, 0.2) is 0 Å². The molecule has 0 aliphatic heterocycles. The standard InChI is InChI=1S/C8H16Cl3NOS/c1-6(2)12(7(3)4)8(13)5-14(9,10)11/h6-7H,5H2,1-4H3. The zero-order chi connectivity index (χ0) is 11.5. The minimum atomic E-state index is -2.31. The monoisotopic (exact) mass is 279 g/mol. The molecule has 0 rings (SSSR count). The molecule has 0 spiro atoms. The molecule has 0 saturated heterocycles. The summed E-state index contributed by atoms with van der Waals surface area (Å²) in [5, 5.41) is 0. The van der Waals surface area contributed by atoms with Crippen molar-refractivity contribution in [3.8, 4) is 0 Å². The van der Waals surface area contributed by atoms with Crippen LogP contribution in [0.25, 0.3) is 0 Å². The first-order valence-corrected chi connectivity index (χ1v) is 8.64. The number of carbonyl (C=O) groups excluding carboxylic acids is 1. The first-order valence-electron chi connectivity index (χ1n) is 4.36. The van der Waals surface area contributed by atoms with E-state index in [1.165, 1.54) is 0 Å². The van der Waals surface area contributed by atoms with Crippen LogP contribution < -0.4 is 0 Å². The van der Waals surface area contributed by atoms with Gasteiger partial charge in [-0.2, -0.15) is 0 Å². The number of nitrogens with zero attached hydrogens (tertiary/aromatic N) is 1. The summed E-state index contributed by atoms with van der Waals surface area (Å²) in [7, 11) is 14.6. The Morgan fingerprint density at radius 2 is 1.50 bits per heavy atom. The minimum Gasteiger partial charge on any atom is -0.337 e. The predicted octanol–water partition coefficient (Wildman–Crippen LogP) is 3.90. The third-order valence-electron chi connectivity index (χ3n) is 1.69. The van der Waals surface area contributed by atoms with Gasteiger partial charge in [0.2, 0.25) is 5.91 Å². The molecule has 0 unspecified atom stereocenters. The van der Waals surface area contributed by atoms with Crippen LogP contribution in [0, 0.1) is 0 Å². The fourth-order valence-electron chi connectivity index (χ4n) is 1.39. The Hall–Kier alpha value is 0.690. The van der Waals surface area contributed by atoms with Gasteiger partial charge in [-0.25, -0.2) is 0 Å². The number of carbonyl (C=O) groups is 1. The van der Waals surface area contributed by atoms with Crippen LogP contribution >= 0.6 is 39.7 Å². The lowest BCUT2D eigenvalue weighted by Gasteiger charge is -2.32. The van der Waals surface area contributed by atoms with Crippen LogP contribution in [0.5, 0.6) is 0 Å². The van der Waals surface area contributed by atoms with E-state index in [0.29, 0.717) is 0 Å². The van der Waals surface area contributed by atoms with E-state index in [9.17, 15) is 4.79 Å². The largest absolute Gasteiger partial charge is 0.337 e. The summed E-state index contributed by atoms with van der Waals surface area (Å²) in [5.74, 6) is -0.0846. The van der Waals surface area contributed by atoms with Crippen molar-refractivity contribution in [2.75, 3.05) is 5.75 Å². The van der Waals surface area contributed by atoms with Gasteiger partial charge in [0.1, 0.15) is 0 Å². The zero-order valence-corrected chi connectivity index (χ0v) is 11.8. The molecule has 0 aromatic carbocycles. The highest BCUT2D eigenvalue weighted by Crippen LogP contribution is 2.63. The highest BCUT2D eigenvalue weighted by atomic mass is 36.2. The molecule has 0 atom stereocenters. The highest BCUT2D eigenvalue weighted by molar-refractivity contribution is 8.79. The molecule has 0 N–H and O–H groups in total. The van der Waals surface area contributed by atoms with Gasteiger partial charge in [-0.3, -0.25) is 4.79 Å². The summed E-state index contributed by atoms with van der Waals surface area (Å²) >= 11 is 0. The van der Waals surface area contributed by atoms with E-state index >= 15 is 0 Å². The lowest BCUT2D eigenvalue weighted by Crippen LogP contribution is -2.43. The minimum absolute atomic E-state index is 0.00796. The summed E-state index contributed by atoms with van der Waals surface area (Å²) in [4.78, 5) is 13.5. The molecule has 0 aliphatic rings. The molecular weight excluding hydrogens is 265 g/mol. The predicted molar refractivity (Wildman–Crippen MR) is 67.1 cm³/mol. The quantitative estimate of drug-likeness (QED) is 0.765. The number of amides is 1. The molecular formula is C8H16Cl3NOS. The van der Waals surface area contributed by atoms with Crippen molar-refractivity contribution in [2.24, 2.45) is 0 Å². The van der Waals surface area contributed by atoms with Crippen LogP contribution in [-0.4, -0.2) is 28.6 Å². The van der Waals surface area contributed by atoms with Gasteiger partial charge in [-0.15, -0.1) is 0 Å². The van der Waals surface area contributed by atoms with Crippen molar-refractivity contribution in [1.82, 2.24) is 4.90 Å². The molecule has 0 radical (unpaired) electrons. The SMILES string of the molecule is CC(C)N(C(=O)CS(Cl)(Cl)Cl)C(C)C. The summed E-state index contributed by atoms with van der Waals surface area (Å²) < 4.78 is 0. The van der Waals surface area contributed by atoms with Crippen molar-refractivity contribution in [3.05, 3.63) is 0 Å². The molecule has 14 heavy (non-hydrogen) atoms. The Morgan fingerprint density at radius 1 is 1.14 bits per heavy atom. The lowest BCUT2D eigenvalue weighted by molar-refractivity contribution is -0.131. The van der Waals surface area contributed by atoms with Crippen molar-refractivity contribution in [3.63, 3.8) is 0 Å². The third kappa shape index (κ3) is 5.54. The third-order valence-corrected chi connectivity index (χ3v) is 3.24. The van der Waals surface area contributed by atoms with Crippen LogP contribution in [0.3, 0.4) is 0 Å². The van der Waals surface area contributed by atoms with Crippen molar-refractivity contribution >= 4 is 45.6 Å². The summed E-state index contributed by atoms with van der Waals surface area (Å²) in [6.07, 6.45) is 0. The fourth-order valence-corrected chi connectivity index (χ4v) is 2.66. The van der Waals surface area contributed by atoms with Crippen LogP contribution in [0.4, 0.5) is 0 Å². The van der Waals surface area contributed by atoms with Gasteiger partial charge in [0, 0.05) is 19.8 Å². The molecule has 6 heteroatoms. The van der Waals surface area contributed by atoms with Crippen molar-refractivity contribution < 1.29 is 4.79 Å². The van der Waals surface area contributed by atoms with Crippen LogP contribution in [-0.2, 0) is 4.79 Å². The first-order chi connectivity index (χ1) is 6.15. The Balaban J connectivity index is 4.47. The van der Waals surface area contributed by atoms with E-state index < -0.39 is 7.67 Å². The number of hydrogen-bond donors (Lipinski definition) is 0. The van der Waals surface area contributed by atoms with E-state index in [-0.39, 0.29) is 23.7 Å². The average molecular weight is 281 g/mol. The van der Waals surface area contributed by atoms with E-state index in [1.807, 2.05) is 27.7 Å². The van der Waals surface area contributed by atoms with E-state index in [4.69, 9.17) is 32.0 Å². The van der Waals surface area contributed by atoms with Gasteiger partial charge in [-0.05, 0) is 59.7 Å². The zero-order valence-electron chi connectivity index (χ0n) is 8.76. The van der Waals surface area contributed by atoms with E-state index in [2.05, 4.69) is 0 Å². The Morgan fingerprint density at radius 3 is 1.71 bits per heavy atom. The van der Waals surface area contributed by atoms with Gasteiger partial charge in [0.25, 0.3) is 0 Å². The molecule has 0 heterocycles. The molecule has 0 aromatic rings. The molecule has 0 aliphatic carbocycles. The van der Waals surface area contributed by atoms with Gasteiger partial charge in [-0.1, -0.05) is 0 Å². The number of halogens is 3. The molecule has 0 fully saturated rings. The fraction of sp³-hybridized carbons (Fsp3) is 0.875. The second kappa shape index (κ2) is 5.69. The highest BCUT2D eigenvalue weighted by Gasteiger charge is 2.26. The van der Waals surface area contributed by atoms with Gasteiger partial charge < -0.3 is 4.90 Å². The van der Waals surface area contributed by atoms with Crippen molar-refractivity contribution in [2.45, 2.75) is 39.8 Å². The van der Waals surface area contributed by atoms with Crippen LogP contribution in [0.1, 0.15) is 27.7 Å².